The molecular weight excluding hydrogens is 296 g/mol. The Morgan fingerprint density at radius 2 is 1.21 bits per heavy atom. The first-order valence-corrected chi connectivity index (χ1v) is 10.3. The largest absolute Gasteiger partial charge is 0.351 e. The number of rotatable bonds is 4. The van der Waals surface area contributed by atoms with Crippen LogP contribution in [0.3, 0.4) is 0 Å². The number of hydrogen-bond donors (Lipinski definition) is 1. The summed E-state index contributed by atoms with van der Waals surface area (Å²) in [6.45, 7) is 13.9. The van der Waals surface area contributed by atoms with Crippen LogP contribution in [0, 0.1) is 35.5 Å². The molecule has 2 amide bonds. The van der Waals surface area contributed by atoms with Gasteiger partial charge in [0.15, 0.2) is 0 Å². The number of carbonyl (C=O) groups is 1. The number of amides is 2. The van der Waals surface area contributed by atoms with Gasteiger partial charge in [0.2, 0.25) is 0 Å². The highest BCUT2D eigenvalue weighted by molar-refractivity contribution is 5.73. The van der Waals surface area contributed by atoms with Crippen molar-refractivity contribution in [2.75, 3.05) is 0 Å². The molecule has 3 heteroatoms. The van der Waals surface area contributed by atoms with E-state index in [1.807, 2.05) is 0 Å². The fourth-order valence-electron chi connectivity index (χ4n) is 5.52. The number of primary amides is 1. The Balaban J connectivity index is 2.32. The van der Waals surface area contributed by atoms with Gasteiger partial charge in [-0.15, -0.1) is 0 Å². The van der Waals surface area contributed by atoms with Crippen molar-refractivity contribution in [3.05, 3.63) is 0 Å². The molecule has 0 bridgehead atoms. The molecule has 3 nitrogen and oxygen atoms in total. The van der Waals surface area contributed by atoms with Crippen LogP contribution >= 0.6 is 0 Å². The van der Waals surface area contributed by atoms with Gasteiger partial charge in [0.05, 0.1) is 0 Å². The lowest BCUT2D eigenvalue weighted by atomic mass is 9.69. The van der Waals surface area contributed by atoms with Gasteiger partial charge in [-0.05, 0) is 61.2 Å². The smallest absolute Gasteiger partial charge is 0.315 e. The topological polar surface area (TPSA) is 46.3 Å². The molecule has 2 rings (SSSR count). The third-order valence-corrected chi connectivity index (χ3v) is 6.94. The van der Waals surface area contributed by atoms with Crippen molar-refractivity contribution < 1.29 is 4.79 Å². The van der Waals surface area contributed by atoms with Crippen LogP contribution in [0.1, 0.15) is 80.1 Å². The predicted molar refractivity (Wildman–Crippen MR) is 102 cm³/mol. The van der Waals surface area contributed by atoms with Crippen LogP contribution in [0.25, 0.3) is 0 Å². The number of hydrogen-bond acceptors (Lipinski definition) is 1. The standard InChI is InChI=1S/C21H40N2O/c1-13(2)17-9-7-15(5)11-19(17)23(21(22)24)20-12-16(6)8-10-18(20)14(3)4/h13-20H,7-12H2,1-6H3,(H2,22,24). The summed E-state index contributed by atoms with van der Waals surface area (Å²) in [6, 6.07) is 0.495. The summed E-state index contributed by atoms with van der Waals surface area (Å²) in [5.74, 6) is 3.82. The summed E-state index contributed by atoms with van der Waals surface area (Å²) in [5.41, 5.74) is 6.00. The van der Waals surface area contributed by atoms with E-state index in [1.165, 1.54) is 25.7 Å². The van der Waals surface area contributed by atoms with Crippen molar-refractivity contribution in [1.29, 1.82) is 0 Å². The molecule has 0 aromatic carbocycles. The second-order valence-corrected chi connectivity index (χ2v) is 9.53. The molecule has 0 saturated heterocycles. The molecule has 2 saturated carbocycles. The normalized spacial score (nSPS) is 37.7. The maximum absolute atomic E-state index is 12.6. The van der Waals surface area contributed by atoms with Crippen LogP contribution in [-0.2, 0) is 0 Å². The highest BCUT2D eigenvalue weighted by Crippen LogP contribution is 2.42. The average Bonchev–Trinajstić information content (AvgIpc) is 2.46. The predicted octanol–water partition coefficient (Wildman–Crippen LogP) is 5.29. The molecule has 0 radical (unpaired) electrons. The Labute approximate surface area is 149 Å². The van der Waals surface area contributed by atoms with Gasteiger partial charge in [-0.25, -0.2) is 4.79 Å². The zero-order chi connectivity index (χ0) is 18.0. The fraction of sp³-hybridized carbons (Fsp3) is 0.952. The minimum atomic E-state index is -0.176. The van der Waals surface area contributed by atoms with Crippen molar-refractivity contribution in [3.63, 3.8) is 0 Å². The quantitative estimate of drug-likeness (QED) is 0.745. The molecule has 0 aliphatic heterocycles. The Morgan fingerprint density at radius 1 is 0.833 bits per heavy atom. The van der Waals surface area contributed by atoms with Crippen molar-refractivity contribution >= 4 is 6.03 Å². The van der Waals surface area contributed by atoms with E-state index in [0.717, 1.165) is 12.8 Å². The number of carbonyl (C=O) groups excluding carboxylic acids is 1. The Bertz CT molecular complexity index is 388. The summed E-state index contributed by atoms with van der Waals surface area (Å²) < 4.78 is 0. The molecule has 2 fully saturated rings. The van der Waals surface area contributed by atoms with Crippen molar-refractivity contribution in [3.8, 4) is 0 Å². The van der Waals surface area contributed by atoms with Gasteiger partial charge in [-0.1, -0.05) is 54.4 Å². The number of urea groups is 1. The first kappa shape index (κ1) is 19.6. The van der Waals surface area contributed by atoms with Gasteiger partial charge in [0.25, 0.3) is 0 Å². The van der Waals surface area contributed by atoms with Gasteiger partial charge < -0.3 is 10.6 Å². The van der Waals surface area contributed by atoms with Gasteiger partial charge in [-0.2, -0.15) is 0 Å². The lowest BCUT2D eigenvalue weighted by Gasteiger charge is -2.51. The molecule has 0 spiro atoms. The van der Waals surface area contributed by atoms with E-state index in [4.69, 9.17) is 5.73 Å². The van der Waals surface area contributed by atoms with Gasteiger partial charge in [-0.3, -0.25) is 0 Å². The van der Waals surface area contributed by atoms with E-state index in [2.05, 4.69) is 46.4 Å². The zero-order valence-electron chi connectivity index (χ0n) is 16.8. The summed E-state index contributed by atoms with van der Waals surface area (Å²) in [7, 11) is 0. The van der Waals surface area contributed by atoms with Crippen LogP contribution in [0.15, 0.2) is 0 Å². The molecule has 24 heavy (non-hydrogen) atoms. The van der Waals surface area contributed by atoms with Crippen molar-refractivity contribution in [1.82, 2.24) is 4.90 Å². The van der Waals surface area contributed by atoms with Crippen molar-refractivity contribution in [2.45, 2.75) is 92.2 Å². The van der Waals surface area contributed by atoms with E-state index >= 15 is 0 Å². The fourth-order valence-corrected chi connectivity index (χ4v) is 5.52. The molecule has 0 aromatic rings. The third-order valence-electron chi connectivity index (χ3n) is 6.94. The second-order valence-electron chi connectivity index (χ2n) is 9.53. The maximum atomic E-state index is 12.6. The van der Waals surface area contributed by atoms with E-state index in [1.54, 1.807) is 0 Å². The van der Waals surface area contributed by atoms with E-state index < -0.39 is 0 Å². The second kappa shape index (κ2) is 8.10. The highest BCUT2D eigenvalue weighted by Gasteiger charge is 2.43. The van der Waals surface area contributed by atoms with Crippen LogP contribution in [-0.4, -0.2) is 23.0 Å². The maximum Gasteiger partial charge on any atom is 0.315 e. The zero-order valence-corrected chi connectivity index (χ0v) is 16.8. The molecule has 6 unspecified atom stereocenters. The molecule has 0 aromatic heterocycles. The van der Waals surface area contributed by atoms with Crippen molar-refractivity contribution in [2.24, 2.45) is 41.2 Å². The number of nitrogens with two attached hydrogens (primary N) is 1. The van der Waals surface area contributed by atoms with E-state index in [9.17, 15) is 4.79 Å². The van der Waals surface area contributed by atoms with Crippen LogP contribution in [0.4, 0.5) is 4.79 Å². The minimum Gasteiger partial charge on any atom is -0.351 e. The summed E-state index contributed by atoms with van der Waals surface area (Å²) >= 11 is 0. The van der Waals surface area contributed by atoms with Gasteiger partial charge in [0.1, 0.15) is 0 Å². The molecule has 140 valence electrons. The first-order valence-electron chi connectivity index (χ1n) is 10.3. The SMILES string of the molecule is CC1CCC(C(C)C)C(N(C(N)=O)C2CC(C)CCC2C(C)C)C1. The van der Waals surface area contributed by atoms with E-state index in [0.29, 0.717) is 47.6 Å². The minimum absolute atomic E-state index is 0.176. The Hall–Kier alpha value is -0.730. The highest BCUT2D eigenvalue weighted by atomic mass is 16.2. The first-order chi connectivity index (χ1) is 11.2. The summed E-state index contributed by atoms with van der Waals surface area (Å²) in [6.07, 6.45) is 7.31. The molecule has 2 N–H and O–H groups in total. The third kappa shape index (κ3) is 4.26. The summed E-state index contributed by atoms with van der Waals surface area (Å²) in [4.78, 5) is 14.8. The van der Waals surface area contributed by atoms with Crippen LogP contribution in [0.2, 0.25) is 0 Å². The van der Waals surface area contributed by atoms with Gasteiger partial charge >= 0.3 is 6.03 Å². The monoisotopic (exact) mass is 336 g/mol. The molecule has 6 atom stereocenters. The van der Waals surface area contributed by atoms with Crippen LogP contribution < -0.4 is 5.73 Å². The van der Waals surface area contributed by atoms with Gasteiger partial charge in [0, 0.05) is 12.1 Å². The molecule has 0 heterocycles. The van der Waals surface area contributed by atoms with Crippen LogP contribution in [0.5, 0.6) is 0 Å². The molecule has 2 aliphatic rings. The molecular formula is C21H40N2O. The lowest BCUT2D eigenvalue weighted by Crippen LogP contribution is -2.58. The van der Waals surface area contributed by atoms with E-state index in [-0.39, 0.29) is 6.03 Å². The Kier molecular flexibility index (Phi) is 6.61. The Morgan fingerprint density at radius 3 is 1.50 bits per heavy atom. The average molecular weight is 337 g/mol. The lowest BCUT2D eigenvalue weighted by molar-refractivity contribution is 0.00790. The number of nitrogens with zero attached hydrogens (tertiary/aromatic N) is 1. The molecule has 2 aliphatic carbocycles. The summed E-state index contributed by atoms with van der Waals surface area (Å²) in [5, 5.41) is 0.